The fourth-order valence-electron chi connectivity index (χ4n) is 4.42. The van der Waals surface area contributed by atoms with Crippen LogP contribution < -0.4 is 21.9 Å². The Labute approximate surface area is 195 Å². The van der Waals surface area contributed by atoms with Gasteiger partial charge in [-0.1, -0.05) is 25.5 Å². The van der Waals surface area contributed by atoms with Crippen LogP contribution in [0.3, 0.4) is 0 Å². The van der Waals surface area contributed by atoms with Crippen molar-refractivity contribution in [3.05, 3.63) is 50.1 Å². The van der Waals surface area contributed by atoms with Gasteiger partial charge in [0, 0.05) is 13.1 Å². The van der Waals surface area contributed by atoms with Gasteiger partial charge in [-0.05, 0) is 44.9 Å². The number of aromatic amines is 1. The standard InChI is InChI=1S/C23H30N6O3S/c1-3-5-13-29-20(24)19(21(31)26-23(29)32)28(4-2)18(30)14-27-12-8-10-16(27)22-25-15-9-6-7-11-17(15)33-22/h6-7,9,11,16H,3-5,8,10,12-14,24H2,1-2H3,(H,26,31,32)/t16-/m0/s1. The van der Waals surface area contributed by atoms with Gasteiger partial charge in [0.2, 0.25) is 5.91 Å². The summed E-state index contributed by atoms with van der Waals surface area (Å²) in [6, 6.07) is 8.10. The number of amides is 1. The molecule has 3 heterocycles. The number of rotatable bonds is 8. The molecule has 0 radical (unpaired) electrons. The van der Waals surface area contributed by atoms with Crippen LogP contribution in [0.4, 0.5) is 11.5 Å². The summed E-state index contributed by atoms with van der Waals surface area (Å²) in [6.07, 6.45) is 3.53. The minimum Gasteiger partial charge on any atom is -0.383 e. The van der Waals surface area contributed by atoms with Crippen LogP contribution in [0, 0.1) is 0 Å². The second-order valence-electron chi connectivity index (χ2n) is 8.28. The first kappa shape index (κ1) is 23.2. The Hall–Kier alpha value is -2.98. The van der Waals surface area contributed by atoms with Gasteiger partial charge in [0.25, 0.3) is 5.56 Å². The number of nitrogens with one attached hydrogen (secondary N) is 1. The van der Waals surface area contributed by atoms with Crippen LogP contribution in [0.2, 0.25) is 0 Å². The number of likely N-dealkylation sites (tertiary alicyclic amines) is 1. The van der Waals surface area contributed by atoms with E-state index in [1.807, 2.05) is 25.1 Å². The van der Waals surface area contributed by atoms with E-state index in [0.717, 1.165) is 47.5 Å². The largest absolute Gasteiger partial charge is 0.383 e. The molecule has 0 bridgehead atoms. The summed E-state index contributed by atoms with van der Waals surface area (Å²) >= 11 is 1.66. The zero-order chi connectivity index (χ0) is 23.5. The van der Waals surface area contributed by atoms with Crippen LogP contribution in [0.1, 0.15) is 50.6 Å². The van der Waals surface area contributed by atoms with E-state index in [-0.39, 0.29) is 36.5 Å². The number of nitrogen functional groups attached to an aromatic ring is 1. The van der Waals surface area contributed by atoms with E-state index in [2.05, 4.69) is 16.0 Å². The lowest BCUT2D eigenvalue weighted by Crippen LogP contribution is -2.45. The van der Waals surface area contributed by atoms with Gasteiger partial charge in [0.15, 0.2) is 5.69 Å². The number of benzene rings is 1. The summed E-state index contributed by atoms with van der Waals surface area (Å²) in [7, 11) is 0. The molecule has 1 aliphatic rings. The van der Waals surface area contributed by atoms with Crippen molar-refractivity contribution in [2.45, 2.75) is 52.1 Å². The van der Waals surface area contributed by atoms with Crippen LogP contribution >= 0.6 is 11.3 Å². The first-order chi connectivity index (χ1) is 15.9. The van der Waals surface area contributed by atoms with Crippen molar-refractivity contribution in [1.29, 1.82) is 0 Å². The summed E-state index contributed by atoms with van der Waals surface area (Å²) in [5.41, 5.74) is 6.08. The van der Waals surface area contributed by atoms with E-state index in [1.165, 1.54) is 9.47 Å². The predicted octanol–water partition coefficient (Wildman–Crippen LogP) is 2.72. The van der Waals surface area contributed by atoms with E-state index in [4.69, 9.17) is 10.7 Å². The molecule has 3 N–H and O–H groups in total. The number of aromatic nitrogens is 3. The van der Waals surface area contributed by atoms with Crippen molar-refractivity contribution in [3.8, 4) is 0 Å². The van der Waals surface area contributed by atoms with Crippen molar-refractivity contribution in [2.75, 3.05) is 30.3 Å². The summed E-state index contributed by atoms with van der Waals surface area (Å²) < 4.78 is 2.48. The maximum Gasteiger partial charge on any atom is 0.330 e. The Morgan fingerprint density at radius 3 is 2.82 bits per heavy atom. The summed E-state index contributed by atoms with van der Waals surface area (Å²) in [6.45, 7) is 5.41. The van der Waals surface area contributed by atoms with Gasteiger partial charge in [-0.3, -0.25) is 24.0 Å². The lowest BCUT2D eigenvalue weighted by atomic mass is 10.2. The molecule has 0 aliphatic carbocycles. The Bertz CT molecular complexity index is 1230. The lowest BCUT2D eigenvalue weighted by molar-refractivity contribution is -0.119. The van der Waals surface area contributed by atoms with Crippen molar-refractivity contribution in [3.63, 3.8) is 0 Å². The molecule has 1 aliphatic heterocycles. The number of nitrogens with two attached hydrogens (primary N) is 1. The molecule has 0 unspecified atom stereocenters. The van der Waals surface area contributed by atoms with Gasteiger partial charge in [0.05, 0.1) is 22.8 Å². The van der Waals surface area contributed by atoms with Gasteiger partial charge in [0.1, 0.15) is 10.8 Å². The average molecular weight is 471 g/mol. The summed E-state index contributed by atoms with van der Waals surface area (Å²) in [5.74, 6) is -0.181. The molecule has 1 aromatic carbocycles. The number of hydrogen-bond acceptors (Lipinski definition) is 7. The number of hydrogen-bond donors (Lipinski definition) is 2. The highest BCUT2D eigenvalue weighted by molar-refractivity contribution is 7.18. The molecule has 2 aromatic heterocycles. The number of carbonyl (C=O) groups is 1. The molecule has 4 rings (SSSR count). The Balaban J connectivity index is 1.59. The number of H-pyrrole nitrogens is 1. The van der Waals surface area contributed by atoms with Crippen LogP contribution in [-0.4, -0.2) is 45.0 Å². The monoisotopic (exact) mass is 470 g/mol. The fourth-order valence-corrected chi connectivity index (χ4v) is 5.56. The number of anilines is 2. The van der Waals surface area contributed by atoms with Crippen molar-refractivity contribution < 1.29 is 4.79 Å². The fraction of sp³-hybridized carbons (Fsp3) is 0.478. The van der Waals surface area contributed by atoms with Crippen LogP contribution in [0.15, 0.2) is 33.9 Å². The molecular weight excluding hydrogens is 440 g/mol. The van der Waals surface area contributed by atoms with Crippen molar-refractivity contribution >= 4 is 39.0 Å². The maximum atomic E-state index is 13.4. The smallest absolute Gasteiger partial charge is 0.330 e. The van der Waals surface area contributed by atoms with Crippen LogP contribution in [-0.2, 0) is 11.3 Å². The van der Waals surface area contributed by atoms with E-state index in [1.54, 1.807) is 18.3 Å². The number of para-hydroxylation sites is 1. The minimum atomic E-state index is -0.635. The van der Waals surface area contributed by atoms with Crippen LogP contribution in [0.25, 0.3) is 10.2 Å². The molecule has 1 saturated heterocycles. The molecule has 0 spiro atoms. The number of carbonyl (C=O) groups excluding carboxylic acids is 1. The third kappa shape index (κ3) is 4.58. The average Bonchev–Trinajstić information content (AvgIpc) is 3.42. The van der Waals surface area contributed by atoms with Gasteiger partial charge in [-0.15, -0.1) is 11.3 Å². The molecule has 33 heavy (non-hydrogen) atoms. The quantitative estimate of drug-likeness (QED) is 0.523. The Kier molecular flexibility index (Phi) is 6.94. The van der Waals surface area contributed by atoms with Gasteiger partial charge < -0.3 is 10.6 Å². The Morgan fingerprint density at radius 1 is 1.30 bits per heavy atom. The number of likely N-dealkylation sites (N-methyl/N-ethyl adjacent to an activating group) is 1. The summed E-state index contributed by atoms with van der Waals surface area (Å²) in [4.78, 5) is 48.9. The number of nitrogens with zero attached hydrogens (tertiary/aromatic N) is 4. The molecule has 10 heteroatoms. The van der Waals surface area contributed by atoms with E-state index >= 15 is 0 Å². The third-order valence-electron chi connectivity index (χ3n) is 6.13. The third-order valence-corrected chi connectivity index (χ3v) is 7.27. The molecule has 3 aromatic rings. The van der Waals surface area contributed by atoms with E-state index in [0.29, 0.717) is 6.54 Å². The molecule has 0 saturated carbocycles. The molecule has 9 nitrogen and oxygen atoms in total. The number of fused-ring (bicyclic) bond motifs is 1. The summed E-state index contributed by atoms with van der Waals surface area (Å²) in [5, 5.41) is 1.01. The van der Waals surface area contributed by atoms with E-state index in [9.17, 15) is 14.4 Å². The first-order valence-corrected chi connectivity index (χ1v) is 12.3. The SMILES string of the molecule is CCCCn1c(N)c(N(CC)C(=O)CN2CCC[C@H]2c2nc3ccccc3s2)c(=O)[nH]c1=O. The molecular formula is C23H30N6O3S. The number of thiazole rings is 1. The lowest BCUT2D eigenvalue weighted by Gasteiger charge is -2.27. The molecule has 176 valence electrons. The maximum absolute atomic E-state index is 13.4. The highest BCUT2D eigenvalue weighted by atomic mass is 32.1. The molecule has 1 fully saturated rings. The molecule has 1 atom stereocenters. The zero-order valence-electron chi connectivity index (χ0n) is 19.0. The minimum absolute atomic E-state index is 0.0385. The van der Waals surface area contributed by atoms with Gasteiger partial charge in [-0.25, -0.2) is 9.78 Å². The van der Waals surface area contributed by atoms with Gasteiger partial charge >= 0.3 is 5.69 Å². The zero-order valence-corrected chi connectivity index (χ0v) is 19.9. The van der Waals surface area contributed by atoms with Gasteiger partial charge in [-0.2, -0.15) is 0 Å². The van der Waals surface area contributed by atoms with Crippen LogP contribution in [0.5, 0.6) is 0 Å². The highest BCUT2D eigenvalue weighted by Crippen LogP contribution is 2.36. The predicted molar refractivity (Wildman–Crippen MR) is 132 cm³/mol. The van der Waals surface area contributed by atoms with E-state index < -0.39 is 11.2 Å². The first-order valence-electron chi connectivity index (χ1n) is 11.5. The number of unbranched alkanes of at least 4 members (excludes halogenated alkanes) is 1. The second kappa shape index (κ2) is 9.88. The molecule has 1 amide bonds. The second-order valence-corrected chi connectivity index (χ2v) is 9.35. The topological polar surface area (TPSA) is 117 Å². The normalized spacial score (nSPS) is 16.5. The highest BCUT2D eigenvalue weighted by Gasteiger charge is 2.32. The van der Waals surface area contributed by atoms with Crippen molar-refractivity contribution in [1.82, 2.24) is 19.4 Å². The van der Waals surface area contributed by atoms with Crippen molar-refractivity contribution in [2.24, 2.45) is 0 Å². The Morgan fingerprint density at radius 2 is 2.09 bits per heavy atom.